The van der Waals surface area contributed by atoms with Gasteiger partial charge in [-0.1, -0.05) is 20.8 Å². The summed E-state index contributed by atoms with van der Waals surface area (Å²) < 4.78 is 0. The van der Waals surface area contributed by atoms with Crippen LogP contribution in [0.25, 0.3) is 0 Å². The van der Waals surface area contributed by atoms with E-state index in [0.29, 0.717) is 18.8 Å². The highest BCUT2D eigenvalue weighted by Crippen LogP contribution is 2.15. The van der Waals surface area contributed by atoms with Gasteiger partial charge in [-0.3, -0.25) is 9.89 Å². The molecule has 0 spiro atoms. The number of carbonyl (C=O) groups excluding carboxylic acids is 1. The van der Waals surface area contributed by atoms with Crippen molar-refractivity contribution < 1.29 is 4.79 Å². The van der Waals surface area contributed by atoms with Crippen LogP contribution in [0.2, 0.25) is 0 Å². The van der Waals surface area contributed by atoms with Gasteiger partial charge in [0.05, 0.1) is 0 Å². The lowest BCUT2D eigenvalue weighted by Crippen LogP contribution is -2.39. The van der Waals surface area contributed by atoms with E-state index in [0.717, 1.165) is 12.1 Å². The van der Waals surface area contributed by atoms with Gasteiger partial charge >= 0.3 is 0 Å². The molecule has 1 amide bonds. The first-order valence-electron chi connectivity index (χ1n) is 5.89. The summed E-state index contributed by atoms with van der Waals surface area (Å²) in [5.41, 5.74) is 7.03. The van der Waals surface area contributed by atoms with E-state index >= 15 is 0 Å². The van der Waals surface area contributed by atoms with Gasteiger partial charge in [0, 0.05) is 19.3 Å². The smallest absolute Gasteiger partial charge is 0.274 e. The highest BCUT2D eigenvalue weighted by atomic mass is 35.5. The van der Waals surface area contributed by atoms with Crippen molar-refractivity contribution in [3.63, 3.8) is 0 Å². The van der Waals surface area contributed by atoms with Crippen LogP contribution >= 0.6 is 12.4 Å². The van der Waals surface area contributed by atoms with Crippen LogP contribution in [0, 0.1) is 5.41 Å². The minimum atomic E-state index is -0.0751. The Labute approximate surface area is 115 Å². The Morgan fingerprint density at radius 2 is 2.17 bits per heavy atom. The molecule has 0 radical (unpaired) electrons. The number of aryl methyl sites for hydroxylation is 1. The Bertz CT molecular complexity index is 389. The van der Waals surface area contributed by atoms with Gasteiger partial charge in [0.25, 0.3) is 5.91 Å². The number of hydrogen-bond acceptors (Lipinski definition) is 3. The molecular weight excluding hydrogens is 252 g/mol. The summed E-state index contributed by atoms with van der Waals surface area (Å²) in [6, 6.07) is 1.80. The van der Waals surface area contributed by atoms with Crippen molar-refractivity contribution in [1.82, 2.24) is 15.1 Å². The summed E-state index contributed by atoms with van der Waals surface area (Å²) in [6.45, 7) is 7.27. The standard InChI is InChI=1S/C12H22N4O.ClH/c1-5-9-6-10(15-14-9)11(17)16(4)8-12(2,3)7-13;/h6H,5,7-8,13H2,1-4H3,(H,14,15);1H. The maximum absolute atomic E-state index is 12.1. The first-order chi connectivity index (χ1) is 7.89. The fourth-order valence-electron chi connectivity index (χ4n) is 1.63. The van der Waals surface area contributed by atoms with Crippen molar-refractivity contribution >= 4 is 18.3 Å². The molecule has 0 aromatic carbocycles. The Morgan fingerprint density at radius 3 is 2.61 bits per heavy atom. The van der Waals surface area contributed by atoms with Crippen LogP contribution in [0.3, 0.4) is 0 Å². The molecule has 0 atom stereocenters. The third-order valence-electron chi connectivity index (χ3n) is 2.80. The van der Waals surface area contributed by atoms with Crippen LogP contribution in [0.4, 0.5) is 0 Å². The van der Waals surface area contributed by atoms with Crippen molar-refractivity contribution in [3.05, 3.63) is 17.5 Å². The molecule has 104 valence electrons. The molecule has 3 N–H and O–H groups in total. The molecule has 0 saturated carbocycles. The summed E-state index contributed by atoms with van der Waals surface area (Å²) >= 11 is 0. The van der Waals surface area contributed by atoms with Crippen LogP contribution in [-0.4, -0.2) is 41.1 Å². The molecular formula is C12H23ClN4O. The van der Waals surface area contributed by atoms with Gasteiger partial charge in [-0.25, -0.2) is 0 Å². The molecule has 0 aliphatic carbocycles. The maximum atomic E-state index is 12.1. The Balaban J connectivity index is 0.00000289. The van der Waals surface area contributed by atoms with E-state index < -0.39 is 0 Å². The van der Waals surface area contributed by atoms with E-state index in [2.05, 4.69) is 10.2 Å². The number of carbonyl (C=O) groups is 1. The second-order valence-corrected chi connectivity index (χ2v) is 5.16. The lowest BCUT2D eigenvalue weighted by molar-refractivity contribution is 0.0734. The van der Waals surface area contributed by atoms with Gasteiger partial charge in [-0.15, -0.1) is 12.4 Å². The quantitative estimate of drug-likeness (QED) is 0.853. The number of halogens is 1. The summed E-state index contributed by atoms with van der Waals surface area (Å²) in [5, 5.41) is 6.86. The molecule has 18 heavy (non-hydrogen) atoms. The first kappa shape index (κ1) is 16.9. The van der Waals surface area contributed by atoms with E-state index in [9.17, 15) is 4.79 Å². The number of aromatic amines is 1. The van der Waals surface area contributed by atoms with E-state index in [1.807, 2.05) is 20.8 Å². The van der Waals surface area contributed by atoms with Crippen molar-refractivity contribution in [2.75, 3.05) is 20.1 Å². The zero-order valence-corrected chi connectivity index (χ0v) is 12.3. The lowest BCUT2D eigenvalue weighted by atomic mass is 9.93. The minimum Gasteiger partial charge on any atom is -0.340 e. The SMILES string of the molecule is CCc1cc(C(=O)N(C)CC(C)(C)CN)n[nH]1.Cl. The van der Waals surface area contributed by atoms with Crippen LogP contribution in [0.15, 0.2) is 6.07 Å². The van der Waals surface area contributed by atoms with Gasteiger partial charge in [-0.05, 0) is 24.4 Å². The molecule has 1 aromatic rings. The highest BCUT2D eigenvalue weighted by molar-refractivity contribution is 5.92. The molecule has 0 fully saturated rings. The average molecular weight is 275 g/mol. The Kier molecular flexibility index (Phi) is 6.35. The second-order valence-electron chi connectivity index (χ2n) is 5.16. The molecule has 0 bridgehead atoms. The Hall–Kier alpha value is -1.07. The van der Waals surface area contributed by atoms with Gasteiger partial charge in [-0.2, -0.15) is 5.10 Å². The number of nitrogens with one attached hydrogen (secondary N) is 1. The summed E-state index contributed by atoms with van der Waals surface area (Å²) in [5.74, 6) is -0.0672. The molecule has 1 heterocycles. The lowest BCUT2D eigenvalue weighted by Gasteiger charge is -2.28. The number of H-pyrrole nitrogens is 1. The second kappa shape index (κ2) is 6.75. The topological polar surface area (TPSA) is 75.0 Å². The number of rotatable bonds is 5. The van der Waals surface area contributed by atoms with Crippen molar-refractivity contribution in [3.8, 4) is 0 Å². The number of nitrogens with two attached hydrogens (primary N) is 1. The predicted molar refractivity (Wildman–Crippen MR) is 75.0 cm³/mol. The van der Waals surface area contributed by atoms with Crippen LogP contribution in [0.1, 0.15) is 37.0 Å². The minimum absolute atomic E-state index is 0. The number of amides is 1. The van der Waals surface area contributed by atoms with Crippen molar-refractivity contribution in [1.29, 1.82) is 0 Å². The average Bonchev–Trinajstić information content (AvgIpc) is 2.76. The van der Waals surface area contributed by atoms with Crippen LogP contribution < -0.4 is 5.73 Å². The molecule has 5 nitrogen and oxygen atoms in total. The van der Waals surface area contributed by atoms with Gasteiger partial charge in [0.1, 0.15) is 5.69 Å². The summed E-state index contributed by atoms with van der Waals surface area (Å²) in [4.78, 5) is 13.7. The summed E-state index contributed by atoms with van der Waals surface area (Å²) in [7, 11) is 1.78. The van der Waals surface area contributed by atoms with Crippen molar-refractivity contribution in [2.24, 2.45) is 11.1 Å². The molecule has 1 rings (SSSR count). The van der Waals surface area contributed by atoms with Crippen LogP contribution in [-0.2, 0) is 6.42 Å². The number of nitrogens with zero attached hydrogens (tertiary/aromatic N) is 2. The van der Waals surface area contributed by atoms with Gasteiger partial charge in [0.15, 0.2) is 0 Å². The van der Waals surface area contributed by atoms with Crippen molar-refractivity contribution in [2.45, 2.75) is 27.2 Å². The van der Waals surface area contributed by atoms with E-state index in [1.165, 1.54) is 0 Å². The molecule has 0 unspecified atom stereocenters. The normalized spacial score (nSPS) is 10.9. The monoisotopic (exact) mass is 274 g/mol. The van der Waals surface area contributed by atoms with E-state index in [1.54, 1.807) is 18.0 Å². The number of aromatic nitrogens is 2. The predicted octanol–water partition coefficient (Wildman–Crippen LogP) is 1.45. The fourth-order valence-corrected chi connectivity index (χ4v) is 1.63. The first-order valence-corrected chi connectivity index (χ1v) is 5.89. The highest BCUT2D eigenvalue weighted by Gasteiger charge is 2.23. The fraction of sp³-hybridized carbons (Fsp3) is 0.667. The molecule has 0 aliphatic heterocycles. The molecule has 0 saturated heterocycles. The largest absolute Gasteiger partial charge is 0.340 e. The Morgan fingerprint density at radius 1 is 1.56 bits per heavy atom. The maximum Gasteiger partial charge on any atom is 0.274 e. The molecule has 0 aliphatic rings. The van der Waals surface area contributed by atoms with Crippen LogP contribution in [0.5, 0.6) is 0 Å². The zero-order valence-electron chi connectivity index (χ0n) is 11.5. The van der Waals surface area contributed by atoms with E-state index in [-0.39, 0.29) is 23.7 Å². The third-order valence-corrected chi connectivity index (χ3v) is 2.80. The van der Waals surface area contributed by atoms with Gasteiger partial charge in [0.2, 0.25) is 0 Å². The molecule has 6 heteroatoms. The summed E-state index contributed by atoms with van der Waals surface area (Å²) in [6.07, 6.45) is 0.846. The third kappa shape index (κ3) is 4.31. The van der Waals surface area contributed by atoms with Gasteiger partial charge < -0.3 is 10.6 Å². The number of hydrogen-bond donors (Lipinski definition) is 2. The molecule has 1 aromatic heterocycles. The zero-order chi connectivity index (χ0) is 13.1. The van der Waals surface area contributed by atoms with E-state index in [4.69, 9.17) is 5.73 Å².